The first-order chi connectivity index (χ1) is 9.73. The Balaban J connectivity index is 2.31. The molecular formula is C14H14N2O5. The Bertz CT molecular complexity index is 633. The molecule has 1 saturated heterocycles. The van der Waals surface area contributed by atoms with Gasteiger partial charge in [0.05, 0.1) is 5.56 Å². The lowest BCUT2D eigenvalue weighted by atomic mass is 9.97. The first-order valence-corrected chi connectivity index (χ1v) is 6.23. The monoisotopic (exact) mass is 290 g/mol. The number of aromatic carboxylic acids is 1. The highest BCUT2D eigenvalue weighted by Crippen LogP contribution is 2.21. The molecular weight excluding hydrogens is 276 g/mol. The van der Waals surface area contributed by atoms with E-state index in [1.807, 2.05) is 0 Å². The Labute approximate surface area is 120 Å². The van der Waals surface area contributed by atoms with Gasteiger partial charge in [-0.2, -0.15) is 0 Å². The number of imide groups is 1. The first kappa shape index (κ1) is 14.7. The Morgan fingerprint density at radius 1 is 1.14 bits per heavy atom. The second-order valence-electron chi connectivity index (χ2n) is 5.21. The fraction of sp³-hybridized carbons (Fsp3) is 0.286. The number of carboxylic acids is 1. The van der Waals surface area contributed by atoms with Crippen LogP contribution < -0.4 is 5.32 Å². The van der Waals surface area contributed by atoms with Gasteiger partial charge in [-0.1, -0.05) is 0 Å². The van der Waals surface area contributed by atoms with Gasteiger partial charge in [-0.15, -0.1) is 0 Å². The maximum Gasteiger partial charge on any atom is 0.335 e. The summed E-state index contributed by atoms with van der Waals surface area (Å²) in [5.74, 6) is -2.69. The van der Waals surface area contributed by atoms with Crippen LogP contribution >= 0.6 is 0 Å². The highest BCUT2D eigenvalue weighted by atomic mass is 16.4. The molecule has 0 radical (unpaired) electrons. The van der Waals surface area contributed by atoms with E-state index < -0.39 is 29.2 Å². The van der Waals surface area contributed by atoms with E-state index in [0.29, 0.717) is 0 Å². The molecule has 0 atom stereocenters. The highest BCUT2D eigenvalue weighted by Gasteiger charge is 2.43. The minimum Gasteiger partial charge on any atom is -0.478 e. The number of carbonyl (C=O) groups is 4. The average Bonchev–Trinajstić information content (AvgIpc) is 2.42. The summed E-state index contributed by atoms with van der Waals surface area (Å²) in [6.07, 6.45) is 0. The third-order valence-corrected chi connectivity index (χ3v) is 3.41. The number of benzene rings is 1. The average molecular weight is 290 g/mol. The van der Waals surface area contributed by atoms with Crippen LogP contribution in [0.15, 0.2) is 24.3 Å². The number of hydrogen-bond acceptors (Lipinski definition) is 4. The molecule has 7 heteroatoms. The molecule has 0 spiro atoms. The van der Waals surface area contributed by atoms with Crippen molar-refractivity contribution in [2.75, 3.05) is 6.54 Å². The van der Waals surface area contributed by atoms with Gasteiger partial charge in [-0.25, -0.2) is 4.79 Å². The second-order valence-corrected chi connectivity index (χ2v) is 5.21. The third-order valence-electron chi connectivity index (χ3n) is 3.41. The zero-order valence-corrected chi connectivity index (χ0v) is 11.5. The molecule has 1 aliphatic rings. The predicted octanol–water partition coefficient (Wildman–Crippen LogP) is 0.262. The lowest BCUT2D eigenvalue weighted by molar-refractivity contribution is -0.143. The minimum atomic E-state index is -1.16. The summed E-state index contributed by atoms with van der Waals surface area (Å²) >= 11 is 0. The standard InChI is InChI=1S/C14H14N2O5/c1-14(2)13(21)15-10(17)7-16(14)11(18)8-3-5-9(6-4-8)12(19)20/h3-6H,7H2,1-2H3,(H,19,20)(H,15,17,21). The lowest BCUT2D eigenvalue weighted by Crippen LogP contribution is -2.65. The van der Waals surface area contributed by atoms with Crippen LogP contribution in [-0.4, -0.2) is 45.8 Å². The van der Waals surface area contributed by atoms with Gasteiger partial charge in [0.15, 0.2) is 0 Å². The smallest absolute Gasteiger partial charge is 0.335 e. The topological polar surface area (TPSA) is 104 Å². The summed E-state index contributed by atoms with van der Waals surface area (Å²) in [7, 11) is 0. The molecule has 2 rings (SSSR count). The highest BCUT2D eigenvalue weighted by molar-refractivity contribution is 6.09. The van der Waals surface area contributed by atoms with Gasteiger partial charge in [-0.05, 0) is 38.1 Å². The van der Waals surface area contributed by atoms with Gasteiger partial charge in [0.2, 0.25) is 5.91 Å². The third kappa shape index (κ3) is 2.62. The largest absolute Gasteiger partial charge is 0.478 e. The number of nitrogens with zero attached hydrogens (tertiary/aromatic N) is 1. The molecule has 0 bridgehead atoms. The summed E-state index contributed by atoms with van der Waals surface area (Å²) in [4.78, 5) is 47.6. The molecule has 0 aromatic heterocycles. The minimum absolute atomic E-state index is 0.0540. The van der Waals surface area contributed by atoms with E-state index >= 15 is 0 Å². The van der Waals surface area contributed by atoms with E-state index in [1.165, 1.54) is 43.0 Å². The van der Waals surface area contributed by atoms with E-state index in [1.54, 1.807) is 0 Å². The molecule has 21 heavy (non-hydrogen) atoms. The van der Waals surface area contributed by atoms with E-state index in [2.05, 4.69) is 5.32 Å². The van der Waals surface area contributed by atoms with Crippen LogP contribution in [0.1, 0.15) is 34.6 Å². The van der Waals surface area contributed by atoms with Crippen LogP contribution in [-0.2, 0) is 9.59 Å². The summed E-state index contributed by atoms with van der Waals surface area (Å²) in [5.41, 5.74) is -0.884. The molecule has 7 nitrogen and oxygen atoms in total. The summed E-state index contributed by atoms with van der Waals surface area (Å²) in [6, 6.07) is 5.32. The summed E-state index contributed by atoms with van der Waals surface area (Å²) in [5, 5.41) is 11.0. The molecule has 110 valence electrons. The van der Waals surface area contributed by atoms with Gasteiger partial charge in [-0.3, -0.25) is 19.7 Å². The molecule has 3 amide bonds. The lowest BCUT2D eigenvalue weighted by Gasteiger charge is -2.40. The van der Waals surface area contributed by atoms with E-state index in [4.69, 9.17) is 5.11 Å². The zero-order chi connectivity index (χ0) is 15.8. The van der Waals surface area contributed by atoms with Crippen molar-refractivity contribution in [3.05, 3.63) is 35.4 Å². The fourth-order valence-corrected chi connectivity index (χ4v) is 2.02. The summed E-state index contributed by atoms with van der Waals surface area (Å²) in [6.45, 7) is 2.86. The van der Waals surface area contributed by atoms with Crippen molar-refractivity contribution in [2.45, 2.75) is 19.4 Å². The molecule has 0 aliphatic carbocycles. The van der Waals surface area contributed by atoms with Gasteiger partial charge in [0, 0.05) is 5.56 Å². The van der Waals surface area contributed by atoms with Gasteiger partial charge >= 0.3 is 5.97 Å². The Morgan fingerprint density at radius 3 is 2.19 bits per heavy atom. The van der Waals surface area contributed by atoms with Crippen molar-refractivity contribution in [1.29, 1.82) is 0 Å². The van der Waals surface area contributed by atoms with Crippen molar-refractivity contribution in [2.24, 2.45) is 0 Å². The molecule has 0 saturated carbocycles. The first-order valence-electron chi connectivity index (χ1n) is 6.23. The number of nitrogens with one attached hydrogen (secondary N) is 1. The molecule has 0 unspecified atom stereocenters. The van der Waals surface area contributed by atoms with Crippen LogP contribution in [0.5, 0.6) is 0 Å². The van der Waals surface area contributed by atoms with Crippen molar-refractivity contribution in [3.63, 3.8) is 0 Å². The van der Waals surface area contributed by atoms with Crippen LogP contribution in [0, 0.1) is 0 Å². The number of hydrogen-bond donors (Lipinski definition) is 2. The quantitative estimate of drug-likeness (QED) is 0.760. The number of amides is 3. The Kier molecular flexibility index (Phi) is 3.51. The number of piperazine rings is 1. The number of carbonyl (C=O) groups excluding carboxylic acids is 3. The molecule has 1 aliphatic heterocycles. The summed E-state index contributed by atoms with van der Waals surface area (Å²) < 4.78 is 0. The molecule has 1 aromatic rings. The molecule has 1 aromatic carbocycles. The van der Waals surface area contributed by atoms with Crippen molar-refractivity contribution in [1.82, 2.24) is 10.2 Å². The Morgan fingerprint density at radius 2 is 1.67 bits per heavy atom. The SMILES string of the molecule is CC1(C)C(=O)NC(=O)CN1C(=O)c1ccc(C(=O)O)cc1. The second kappa shape index (κ2) is 5.01. The van der Waals surface area contributed by atoms with Crippen LogP contribution in [0.3, 0.4) is 0 Å². The van der Waals surface area contributed by atoms with E-state index in [-0.39, 0.29) is 17.7 Å². The zero-order valence-electron chi connectivity index (χ0n) is 11.5. The van der Waals surface area contributed by atoms with Crippen LogP contribution in [0.4, 0.5) is 0 Å². The van der Waals surface area contributed by atoms with Crippen LogP contribution in [0.25, 0.3) is 0 Å². The predicted molar refractivity (Wildman–Crippen MR) is 71.7 cm³/mol. The Hall–Kier alpha value is -2.70. The molecule has 1 fully saturated rings. The molecule has 2 N–H and O–H groups in total. The fourth-order valence-electron chi connectivity index (χ4n) is 2.02. The van der Waals surface area contributed by atoms with Gasteiger partial charge < -0.3 is 10.0 Å². The maximum absolute atomic E-state index is 12.4. The van der Waals surface area contributed by atoms with E-state index in [9.17, 15) is 19.2 Å². The molecule has 1 heterocycles. The van der Waals surface area contributed by atoms with Gasteiger partial charge in [0.25, 0.3) is 11.8 Å². The normalized spacial score (nSPS) is 17.3. The number of carboxylic acid groups (broad SMARTS) is 1. The van der Waals surface area contributed by atoms with Crippen LogP contribution in [0.2, 0.25) is 0 Å². The maximum atomic E-state index is 12.4. The van der Waals surface area contributed by atoms with Crippen molar-refractivity contribution < 1.29 is 24.3 Å². The van der Waals surface area contributed by atoms with E-state index in [0.717, 1.165) is 0 Å². The van der Waals surface area contributed by atoms with Crippen molar-refractivity contribution in [3.8, 4) is 0 Å². The van der Waals surface area contributed by atoms with Gasteiger partial charge in [0.1, 0.15) is 12.1 Å². The van der Waals surface area contributed by atoms with Crippen molar-refractivity contribution >= 4 is 23.7 Å². The number of rotatable bonds is 2.